The zero-order chi connectivity index (χ0) is 9.61. The van der Waals surface area contributed by atoms with E-state index in [1.54, 1.807) is 0 Å². The number of hydrogen-bond acceptors (Lipinski definition) is 3. The van der Waals surface area contributed by atoms with Crippen LogP contribution in [0.2, 0.25) is 0 Å². The number of rotatable bonds is 4. The first-order chi connectivity index (χ1) is 5.48. The minimum atomic E-state index is -0.121. The van der Waals surface area contributed by atoms with Crippen molar-refractivity contribution in [2.24, 2.45) is 15.7 Å². The van der Waals surface area contributed by atoms with Gasteiger partial charge in [0.2, 0.25) is 0 Å². The number of alkyl halides is 1. The second-order valence-electron chi connectivity index (χ2n) is 3.27. The van der Waals surface area contributed by atoms with Crippen LogP contribution in [0.4, 0.5) is 0 Å². The van der Waals surface area contributed by atoms with Crippen molar-refractivity contribution < 1.29 is 0 Å². The Hall–Kier alpha value is 0.0700. The quantitative estimate of drug-likeness (QED) is 0.365. The van der Waals surface area contributed by atoms with Crippen LogP contribution in [0.5, 0.6) is 0 Å². The van der Waals surface area contributed by atoms with E-state index in [4.69, 9.17) is 5.73 Å². The average molecular weight is 281 g/mol. The normalized spacial score (nSPS) is 13.4. The number of nitrogens with two attached hydrogens (primary N) is 1. The molecule has 0 saturated carbocycles. The Morgan fingerprint density at radius 3 is 2.58 bits per heavy atom. The molecule has 0 heterocycles. The van der Waals surface area contributed by atoms with Crippen molar-refractivity contribution in [3.63, 3.8) is 0 Å². The molecule has 0 radical (unpaired) electrons. The molecule has 4 heteroatoms. The predicted molar refractivity (Wildman–Crippen MR) is 61.1 cm³/mol. The van der Waals surface area contributed by atoms with Gasteiger partial charge in [-0.1, -0.05) is 22.6 Å². The van der Waals surface area contributed by atoms with Gasteiger partial charge in [0, 0.05) is 0 Å². The second-order valence-corrected chi connectivity index (χ2v) is 5.07. The van der Waals surface area contributed by atoms with Crippen LogP contribution in [-0.2, 0) is 0 Å². The fourth-order valence-electron chi connectivity index (χ4n) is 0.653. The Balaban J connectivity index is 4.12. The summed E-state index contributed by atoms with van der Waals surface area (Å²) in [5.74, 6) is 0. The molecule has 0 rings (SSSR count). The second kappa shape index (κ2) is 5.67. The average Bonchev–Trinajstić information content (AvgIpc) is 1.85. The standard InChI is InChI=1S/C8H16IN3/c1-7(9)11-6-12-8(2,3)4-5-10/h7H,4-5,10H2,1-3H3. The van der Waals surface area contributed by atoms with Gasteiger partial charge in [0.05, 0.1) is 11.5 Å². The number of nitrogens with zero attached hydrogens (tertiary/aromatic N) is 2. The maximum Gasteiger partial charge on any atom is 0.109 e. The Labute approximate surface area is 87.7 Å². The Morgan fingerprint density at radius 1 is 1.58 bits per heavy atom. The third-order valence-corrected chi connectivity index (χ3v) is 1.62. The first-order valence-corrected chi connectivity index (χ1v) is 5.23. The summed E-state index contributed by atoms with van der Waals surface area (Å²) in [5, 5.41) is 0. The van der Waals surface area contributed by atoms with Crippen LogP contribution in [-0.4, -0.2) is 22.1 Å². The summed E-state index contributed by atoms with van der Waals surface area (Å²) in [6, 6.07) is 2.70. The van der Waals surface area contributed by atoms with Crippen LogP contribution in [0, 0.1) is 0 Å². The molecule has 70 valence electrons. The molecule has 0 aromatic rings. The number of halogens is 1. The van der Waals surface area contributed by atoms with E-state index in [0.29, 0.717) is 6.54 Å². The van der Waals surface area contributed by atoms with Crippen molar-refractivity contribution in [3.05, 3.63) is 0 Å². The zero-order valence-electron chi connectivity index (χ0n) is 7.84. The van der Waals surface area contributed by atoms with Gasteiger partial charge in [-0.3, -0.25) is 0 Å². The molecule has 0 spiro atoms. The monoisotopic (exact) mass is 281 g/mol. The van der Waals surface area contributed by atoms with Crippen LogP contribution < -0.4 is 5.73 Å². The van der Waals surface area contributed by atoms with E-state index in [1.165, 1.54) is 0 Å². The Kier molecular flexibility index (Phi) is 5.70. The Morgan fingerprint density at radius 2 is 2.17 bits per heavy atom. The van der Waals surface area contributed by atoms with Crippen LogP contribution in [0.1, 0.15) is 27.2 Å². The van der Waals surface area contributed by atoms with Crippen molar-refractivity contribution in [1.29, 1.82) is 0 Å². The van der Waals surface area contributed by atoms with E-state index >= 15 is 0 Å². The van der Waals surface area contributed by atoms with Crippen LogP contribution in [0.25, 0.3) is 0 Å². The van der Waals surface area contributed by atoms with Crippen molar-refractivity contribution in [1.82, 2.24) is 0 Å². The highest BCUT2D eigenvalue weighted by molar-refractivity contribution is 14.1. The highest BCUT2D eigenvalue weighted by Crippen LogP contribution is 2.11. The molecular weight excluding hydrogens is 265 g/mol. The third-order valence-electron chi connectivity index (χ3n) is 1.34. The molecule has 0 aromatic heterocycles. The SMILES string of the molecule is CC(I)N=C=NC(C)(C)CCN. The summed E-state index contributed by atoms with van der Waals surface area (Å²) < 4.78 is 0.236. The summed E-state index contributed by atoms with van der Waals surface area (Å²) in [4.78, 5) is 8.21. The smallest absolute Gasteiger partial charge is 0.109 e. The molecule has 0 aliphatic rings. The summed E-state index contributed by atoms with van der Waals surface area (Å²) in [5.41, 5.74) is 5.31. The molecule has 3 nitrogen and oxygen atoms in total. The minimum absolute atomic E-state index is 0.121. The zero-order valence-corrected chi connectivity index (χ0v) is 10.00. The molecule has 1 unspecified atom stereocenters. The molecule has 0 aromatic carbocycles. The maximum atomic E-state index is 5.43. The summed E-state index contributed by atoms with van der Waals surface area (Å²) in [6.07, 6.45) is 0.866. The number of hydrogen-bond donors (Lipinski definition) is 1. The lowest BCUT2D eigenvalue weighted by atomic mass is 10.0. The highest BCUT2D eigenvalue weighted by atomic mass is 127. The third kappa shape index (κ3) is 6.76. The van der Waals surface area contributed by atoms with Crippen molar-refractivity contribution in [2.45, 2.75) is 36.8 Å². The fraction of sp³-hybridized carbons (Fsp3) is 0.875. The van der Waals surface area contributed by atoms with Crippen LogP contribution in [0.3, 0.4) is 0 Å². The van der Waals surface area contributed by atoms with Crippen molar-refractivity contribution in [3.8, 4) is 0 Å². The van der Waals surface area contributed by atoms with E-state index in [1.807, 2.05) is 20.8 Å². The van der Waals surface area contributed by atoms with Gasteiger partial charge in [0.25, 0.3) is 0 Å². The Bertz CT molecular complexity index is 181. The molecule has 0 aliphatic carbocycles. The molecule has 12 heavy (non-hydrogen) atoms. The maximum absolute atomic E-state index is 5.43. The van der Waals surface area contributed by atoms with E-state index < -0.39 is 0 Å². The fourth-order valence-corrected chi connectivity index (χ4v) is 0.777. The van der Waals surface area contributed by atoms with Gasteiger partial charge < -0.3 is 5.73 Å². The van der Waals surface area contributed by atoms with Crippen LogP contribution >= 0.6 is 22.6 Å². The summed E-state index contributed by atoms with van der Waals surface area (Å²) >= 11 is 2.20. The summed E-state index contributed by atoms with van der Waals surface area (Å²) in [7, 11) is 0. The van der Waals surface area contributed by atoms with E-state index in [0.717, 1.165) is 6.42 Å². The molecule has 2 N–H and O–H groups in total. The molecule has 0 fully saturated rings. The topological polar surface area (TPSA) is 50.7 Å². The minimum Gasteiger partial charge on any atom is -0.330 e. The molecule has 0 bridgehead atoms. The molecule has 1 atom stereocenters. The van der Waals surface area contributed by atoms with Gasteiger partial charge in [0.1, 0.15) is 4.05 Å². The van der Waals surface area contributed by atoms with Crippen LogP contribution in [0.15, 0.2) is 9.98 Å². The lowest BCUT2D eigenvalue weighted by Crippen LogP contribution is -2.21. The van der Waals surface area contributed by atoms with Crippen molar-refractivity contribution >= 4 is 28.6 Å². The van der Waals surface area contributed by atoms with E-state index in [9.17, 15) is 0 Å². The van der Waals surface area contributed by atoms with Gasteiger partial charge in [-0.25, -0.2) is 9.98 Å². The van der Waals surface area contributed by atoms with Gasteiger partial charge in [-0.15, -0.1) is 0 Å². The first-order valence-electron chi connectivity index (χ1n) is 3.99. The lowest BCUT2D eigenvalue weighted by molar-refractivity contribution is 0.490. The van der Waals surface area contributed by atoms with Gasteiger partial charge in [0.15, 0.2) is 0 Å². The van der Waals surface area contributed by atoms with Crippen molar-refractivity contribution in [2.75, 3.05) is 6.54 Å². The molecule has 0 aliphatic heterocycles. The highest BCUT2D eigenvalue weighted by Gasteiger charge is 2.13. The summed E-state index contributed by atoms with van der Waals surface area (Å²) in [6.45, 7) is 6.69. The first kappa shape index (κ1) is 12.1. The van der Waals surface area contributed by atoms with Gasteiger partial charge in [-0.2, -0.15) is 0 Å². The molecule has 0 saturated heterocycles. The number of aliphatic imine (C=N–C) groups is 2. The van der Waals surface area contributed by atoms with E-state index in [-0.39, 0.29) is 9.59 Å². The molecule has 0 amide bonds. The molecular formula is C8H16IN3. The lowest BCUT2D eigenvalue weighted by Gasteiger charge is -2.15. The van der Waals surface area contributed by atoms with Gasteiger partial charge in [-0.05, 0) is 33.7 Å². The largest absolute Gasteiger partial charge is 0.330 e. The van der Waals surface area contributed by atoms with E-state index in [2.05, 4.69) is 38.6 Å². The van der Waals surface area contributed by atoms with Gasteiger partial charge >= 0.3 is 0 Å². The predicted octanol–water partition coefficient (Wildman–Crippen LogP) is 2.07.